The molecule has 0 fully saturated rings. The van der Waals surface area contributed by atoms with Crippen LogP contribution in [0, 0.1) is 0 Å². The molecule has 1 aliphatic rings. The maximum absolute atomic E-state index is 14.1. The zero-order valence-corrected chi connectivity index (χ0v) is 20.6. The lowest BCUT2D eigenvalue weighted by Gasteiger charge is -2.34. The van der Waals surface area contributed by atoms with Crippen LogP contribution in [-0.2, 0) is 6.54 Å². The van der Waals surface area contributed by atoms with Crippen LogP contribution in [0.2, 0.25) is 0 Å². The van der Waals surface area contributed by atoms with E-state index in [1.165, 1.54) is 6.20 Å². The van der Waals surface area contributed by atoms with Gasteiger partial charge in [-0.25, -0.2) is 4.68 Å². The Hall–Kier alpha value is -3.59. The molecule has 0 spiro atoms. The van der Waals surface area contributed by atoms with Crippen molar-refractivity contribution < 1.29 is 18.0 Å². The summed E-state index contributed by atoms with van der Waals surface area (Å²) < 4.78 is 44.0. The van der Waals surface area contributed by atoms with Crippen molar-refractivity contribution in [3.8, 4) is 0 Å². The molecule has 1 amide bonds. The zero-order valence-electron chi connectivity index (χ0n) is 19.0. The number of amides is 1. The summed E-state index contributed by atoms with van der Waals surface area (Å²) in [6, 6.07) is 23.1. The van der Waals surface area contributed by atoms with E-state index in [4.69, 9.17) is 0 Å². The summed E-state index contributed by atoms with van der Waals surface area (Å²) in [6.07, 6.45) is -3.53. The van der Waals surface area contributed by atoms with Gasteiger partial charge in [-0.15, -0.1) is 0 Å². The molecule has 1 aliphatic heterocycles. The second-order valence-electron chi connectivity index (χ2n) is 8.61. The van der Waals surface area contributed by atoms with Gasteiger partial charge >= 0.3 is 6.18 Å². The average molecular weight is 555 g/mol. The minimum absolute atomic E-state index is 0.0653. The van der Waals surface area contributed by atoms with E-state index in [1.807, 2.05) is 48.5 Å². The molecule has 0 saturated carbocycles. The molecule has 0 radical (unpaired) electrons. The fraction of sp³-hybridized carbons (Fsp3) is 0.185. The summed E-state index contributed by atoms with van der Waals surface area (Å²) in [5.74, 6) is -0.369. The Morgan fingerprint density at radius 3 is 2.28 bits per heavy atom. The van der Waals surface area contributed by atoms with E-state index < -0.39 is 24.2 Å². The highest BCUT2D eigenvalue weighted by atomic mass is 79.9. The van der Waals surface area contributed by atoms with Gasteiger partial charge in [-0.1, -0.05) is 76.6 Å². The van der Waals surface area contributed by atoms with Crippen LogP contribution in [0.1, 0.15) is 40.0 Å². The minimum atomic E-state index is -4.53. The Labute approximate surface area is 214 Å². The molecule has 3 aromatic carbocycles. The molecular weight excluding hydrogens is 533 g/mol. The highest BCUT2D eigenvalue weighted by Crippen LogP contribution is 2.44. The molecule has 5 nitrogen and oxygen atoms in total. The Kier molecular flexibility index (Phi) is 6.57. The number of alkyl halides is 3. The summed E-state index contributed by atoms with van der Waals surface area (Å²) >= 11 is 3.36. The number of hydrogen-bond acceptors (Lipinski definition) is 3. The molecule has 0 bridgehead atoms. The first-order chi connectivity index (χ1) is 17.3. The summed E-state index contributed by atoms with van der Waals surface area (Å²) in [5, 5.41) is 7.20. The third-order valence-corrected chi connectivity index (χ3v) is 6.77. The number of carbonyl (C=O) groups excluding carboxylic acids is 1. The number of nitrogens with zero attached hydrogens (tertiary/aromatic N) is 3. The van der Waals surface area contributed by atoms with Crippen LogP contribution in [0.15, 0.2) is 95.6 Å². The first kappa shape index (κ1) is 24.1. The van der Waals surface area contributed by atoms with E-state index in [1.54, 1.807) is 41.3 Å². The van der Waals surface area contributed by atoms with E-state index in [2.05, 4.69) is 26.3 Å². The molecular formula is C27H22BrF3N4O. The summed E-state index contributed by atoms with van der Waals surface area (Å²) in [7, 11) is 0. The number of halogens is 4. The van der Waals surface area contributed by atoms with Gasteiger partial charge in [-0.05, 0) is 35.4 Å². The van der Waals surface area contributed by atoms with Gasteiger partial charge in [0.2, 0.25) is 0 Å². The van der Waals surface area contributed by atoms with Crippen molar-refractivity contribution in [2.45, 2.75) is 31.2 Å². The second-order valence-corrected chi connectivity index (χ2v) is 9.52. The summed E-state index contributed by atoms with van der Waals surface area (Å²) in [5.41, 5.74) is 2.32. The molecule has 1 aromatic heterocycles. The number of fused-ring (bicyclic) bond motifs is 1. The Morgan fingerprint density at radius 2 is 1.64 bits per heavy atom. The number of para-hydroxylation sites is 1. The lowest BCUT2D eigenvalue weighted by Crippen LogP contribution is -2.37. The monoisotopic (exact) mass is 554 g/mol. The van der Waals surface area contributed by atoms with Crippen molar-refractivity contribution in [1.82, 2.24) is 9.78 Å². The van der Waals surface area contributed by atoms with Gasteiger partial charge in [-0.3, -0.25) is 4.79 Å². The predicted molar refractivity (Wildman–Crippen MR) is 136 cm³/mol. The number of hydrogen-bond donors (Lipinski definition) is 1. The van der Waals surface area contributed by atoms with Crippen molar-refractivity contribution in [2.24, 2.45) is 0 Å². The molecule has 0 aliphatic carbocycles. The number of benzene rings is 3. The Balaban J connectivity index is 1.55. The quantitative estimate of drug-likeness (QED) is 0.285. The van der Waals surface area contributed by atoms with E-state index in [0.717, 1.165) is 14.7 Å². The molecule has 4 aromatic rings. The summed E-state index contributed by atoms with van der Waals surface area (Å²) in [6.45, 7) is 0.257. The number of rotatable bonds is 5. The van der Waals surface area contributed by atoms with Crippen LogP contribution in [0.3, 0.4) is 0 Å². The van der Waals surface area contributed by atoms with Gasteiger partial charge in [0.25, 0.3) is 5.91 Å². The van der Waals surface area contributed by atoms with Gasteiger partial charge in [0.1, 0.15) is 11.4 Å². The highest BCUT2D eigenvalue weighted by Gasteiger charge is 2.47. The van der Waals surface area contributed by atoms with Crippen LogP contribution in [0.25, 0.3) is 0 Å². The maximum Gasteiger partial charge on any atom is 0.410 e. The SMILES string of the molecule is O=C(c1cnn2c1NC(c1ccc(Br)cc1)CC2C(F)(F)F)N(Cc1ccccc1)c1ccccc1. The molecule has 2 atom stereocenters. The van der Waals surface area contributed by atoms with Crippen molar-refractivity contribution >= 4 is 33.3 Å². The third kappa shape index (κ3) is 4.88. The fourth-order valence-corrected chi connectivity index (χ4v) is 4.70. The lowest BCUT2D eigenvalue weighted by molar-refractivity contribution is -0.173. The van der Waals surface area contributed by atoms with Crippen LogP contribution in [0.4, 0.5) is 24.7 Å². The lowest BCUT2D eigenvalue weighted by atomic mass is 9.96. The molecule has 9 heteroatoms. The molecule has 0 saturated heterocycles. The number of anilines is 2. The van der Waals surface area contributed by atoms with Crippen LogP contribution in [-0.4, -0.2) is 21.9 Å². The van der Waals surface area contributed by atoms with Crippen LogP contribution in [0.5, 0.6) is 0 Å². The van der Waals surface area contributed by atoms with Crippen molar-refractivity contribution in [1.29, 1.82) is 0 Å². The average Bonchev–Trinajstić information content (AvgIpc) is 3.31. The molecule has 5 rings (SSSR count). The Bertz CT molecular complexity index is 1340. The van der Waals surface area contributed by atoms with Gasteiger partial charge in [0.15, 0.2) is 6.04 Å². The predicted octanol–water partition coefficient (Wildman–Crippen LogP) is 7.15. The van der Waals surface area contributed by atoms with E-state index in [0.29, 0.717) is 11.3 Å². The van der Waals surface area contributed by atoms with Crippen molar-refractivity contribution in [3.05, 3.63) is 112 Å². The van der Waals surface area contributed by atoms with Crippen LogP contribution >= 0.6 is 15.9 Å². The minimum Gasteiger partial charge on any atom is -0.363 e. The molecule has 2 unspecified atom stereocenters. The molecule has 184 valence electrons. The largest absolute Gasteiger partial charge is 0.410 e. The zero-order chi connectivity index (χ0) is 25.3. The number of nitrogens with one attached hydrogen (secondary N) is 1. The maximum atomic E-state index is 14.1. The first-order valence-electron chi connectivity index (χ1n) is 11.4. The van der Waals surface area contributed by atoms with Gasteiger partial charge in [0.05, 0.1) is 18.8 Å². The topological polar surface area (TPSA) is 50.2 Å². The number of carbonyl (C=O) groups is 1. The standard InChI is InChI=1S/C27H22BrF3N4O/c28-20-13-11-19(12-14-20)23-15-24(27(29,30)31)35-25(33-23)22(16-32-35)26(36)34(21-9-5-2-6-10-21)17-18-7-3-1-4-8-18/h1-14,16,23-24,33H,15,17H2. The first-order valence-corrected chi connectivity index (χ1v) is 12.2. The van der Waals surface area contributed by atoms with Gasteiger partial charge in [0, 0.05) is 16.6 Å². The van der Waals surface area contributed by atoms with Gasteiger partial charge < -0.3 is 10.2 Å². The van der Waals surface area contributed by atoms with Gasteiger partial charge in [-0.2, -0.15) is 18.3 Å². The van der Waals surface area contributed by atoms with E-state index in [9.17, 15) is 18.0 Å². The Morgan fingerprint density at radius 1 is 1.00 bits per heavy atom. The second kappa shape index (κ2) is 9.81. The number of aromatic nitrogens is 2. The normalized spacial score (nSPS) is 17.2. The van der Waals surface area contributed by atoms with E-state index in [-0.39, 0.29) is 24.3 Å². The van der Waals surface area contributed by atoms with E-state index >= 15 is 0 Å². The van der Waals surface area contributed by atoms with Crippen molar-refractivity contribution in [3.63, 3.8) is 0 Å². The smallest absolute Gasteiger partial charge is 0.363 e. The third-order valence-electron chi connectivity index (χ3n) is 6.24. The molecule has 2 heterocycles. The summed E-state index contributed by atoms with van der Waals surface area (Å²) in [4.78, 5) is 15.4. The van der Waals surface area contributed by atoms with Crippen LogP contribution < -0.4 is 10.2 Å². The molecule has 1 N–H and O–H groups in total. The van der Waals surface area contributed by atoms with Crippen molar-refractivity contribution in [2.75, 3.05) is 10.2 Å². The fourth-order valence-electron chi connectivity index (χ4n) is 4.43. The molecule has 36 heavy (non-hydrogen) atoms. The highest BCUT2D eigenvalue weighted by molar-refractivity contribution is 9.10.